The summed E-state index contributed by atoms with van der Waals surface area (Å²) in [5.41, 5.74) is 1.38. The van der Waals surface area contributed by atoms with Crippen molar-refractivity contribution in [3.05, 3.63) is 65.5 Å². The van der Waals surface area contributed by atoms with Crippen molar-refractivity contribution >= 4 is 5.91 Å². The molecule has 1 heterocycles. The van der Waals surface area contributed by atoms with Gasteiger partial charge >= 0.3 is 0 Å². The molecule has 1 amide bonds. The lowest BCUT2D eigenvalue weighted by atomic mass is 10.2. The molecule has 3 rings (SSSR count). The van der Waals surface area contributed by atoms with E-state index < -0.39 is 5.82 Å². The van der Waals surface area contributed by atoms with Crippen LogP contribution in [0.4, 0.5) is 4.39 Å². The van der Waals surface area contributed by atoms with E-state index in [9.17, 15) is 9.18 Å². The maximum absolute atomic E-state index is 13.9. The Kier molecular flexibility index (Phi) is 5.66. The molecule has 25 heavy (non-hydrogen) atoms. The minimum absolute atomic E-state index is 0.158. The van der Waals surface area contributed by atoms with Gasteiger partial charge in [-0.3, -0.25) is 9.69 Å². The van der Waals surface area contributed by atoms with Crippen LogP contribution in [0.3, 0.4) is 0 Å². The molecule has 5 heteroatoms. The van der Waals surface area contributed by atoms with Crippen molar-refractivity contribution < 1.29 is 13.9 Å². The van der Waals surface area contributed by atoms with Crippen LogP contribution in [0.25, 0.3) is 0 Å². The van der Waals surface area contributed by atoms with Crippen LogP contribution in [0.1, 0.15) is 22.3 Å². The van der Waals surface area contributed by atoms with Crippen LogP contribution in [-0.4, -0.2) is 49.0 Å². The van der Waals surface area contributed by atoms with Crippen molar-refractivity contribution in [2.45, 2.75) is 13.0 Å². The number of ether oxygens (including phenoxy) is 1. The summed E-state index contributed by atoms with van der Waals surface area (Å²) in [4.78, 5) is 16.6. The Morgan fingerprint density at radius 2 is 1.80 bits per heavy atom. The van der Waals surface area contributed by atoms with Crippen LogP contribution >= 0.6 is 0 Å². The van der Waals surface area contributed by atoms with Gasteiger partial charge in [0, 0.05) is 32.7 Å². The molecule has 0 radical (unpaired) electrons. The van der Waals surface area contributed by atoms with E-state index >= 15 is 0 Å². The summed E-state index contributed by atoms with van der Waals surface area (Å²) in [6, 6.07) is 14.2. The SMILES string of the molecule is COc1ccc(CN2CCCN(C(=O)c3ccccc3F)CC2)cc1. The van der Waals surface area contributed by atoms with Gasteiger partial charge in [-0.25, -0.2) is 4.39 Å². The number of halogens is 1. The van der Waals surface area contributed by atoms with Gasteiger partial charge in [0.25, 0.3) is 5.91 Å². The molecular formula is C20H23FN2O2. The van der Waals surface area contributed by atoms with Gasteiger partial charge in [0.15, 0.2) is 0 Å². The quantitative estimate of drug-likeness (QED) is 0.855. The Morgan fingerprint density at radius 3 is 2.52 bits per heavy atom. The Morgan fingerprint density at radius 1 is 1.04 bits per heavy atom. The molecule has 2 aromatic carbocycles. The molecule has 132 valence electrons. The zero-order valence-electron chi connectivity index (χ0n) is 14.5. The average molecular weight is 342 g/mol. The number of rotatable bonds is 4. The Hall–Kier alpha value is -2.40. The van der Waals surface area contributed by atoms with Crippen LogP contribution in [-0.2, 0) is 6.54 Å². The summed E-state index contributed by atoms with van der Waals surface area (Å²) >= 11 is 0. The highest BCUT2D eigenvalue weighted by Crippen LogP contribution is 2.16. The highest BCUT2D eigenvalue weighted by molar-refractivity contribution is 5.94. The van der Waals surface area contributed by atoms with Gasteiger partial charge in [0.1, 0.15) is 11.6 Å². The van der Waals surface area contributed by atoms with E-state index in [2.05, 4.69) is 17.0 Å². The zero-order chi connectivity index (χ0) is 17.6. The molecule has 0 unspecified atom stereocenters. The normalized spacial score (nSPS) is 15.7. The van der Waals surface area contributed by atoms with Crippen LogP contribution < -0.4 is 4.74 Å². The first kappa shape index (κ1) is 17.4. The number of nitrogens with zero attached hydrogens (tertiary/aromatic N) is 2. The average Bonchev–Trinajstić information content (AvgIpc) is 2.88. The monoisotopic (exact) mass is 342 g/mol. The smallest absolute Gasteiger partial charge is 0.256 e. The van der Waals surface area contributed by atoms with E-state index in [0.29, 0.717) is 13.1 Å². The molecule has 0 N–H and O–H groups in total. The fraction of sp³-hybridized carbons (Fsp3) is 0.350. The second-order valence-corrected chi connectivity index (χ2v) is 6.25. The van der Waals surface area contributed by atoms with Crippen LogP contribution in [0.15, 0.2) is 48.5 Å². The molecule has 2 aromatic rings. The highest BCUT2D eigenvalue weighted by atomic mass is 19.1. The van der Waals surface area contributed by atoms with Gasteiger partial charge < -0.3 is 9.64 Å². The number of hydrogen-bond acceptors (Lipinski definition) is 3. The summed E-state index contributed by atoms with van der Waals surface area (Å²) in [7, 11) is 1.66. The lowest BCUT2D eigenvalue weighted by molar-refractivity contribution is 0.0756. The van der Waals surface area contributed by atoms with Crippen molar-refractivity contribution in [3.8, 4) is 5.75 Å². The first-order valence-electron chi connectivity index (χ1n) is 8.56. The molecule has 0 atom stereocenters. The maximum atomic E-state index is 13.9. The summed E-state index contributed by atoms with van der Waals surface area (Å²) in [5, 5.41) is 0. The number of methoxy groups -OCH3 is 1. The number of hydrogen-bond donors (Lipinski definition) is 0. The van der Waals surface area contributed by atoms with Gasteiger partial charge in [0.2, 0.25) is 0 Å². The second kappa shape index (κ2) is 8.12. The molecule has 1 aliphatic heterocycles. The summed E-state index contributed by atoms with van der Waals surface area (Å²) < 4.78 is 19.0. The number of carbonyl (C=O) groups excluding carboxylic acids is 1. The molecule has 0 bridgehead atoms. The fourth-order valence-corrected chi connectivity index (χ4v) is 3.13. The molecule has 1 fully saturated rings. The lowest BCUT2D eigenvalue weighted by Gasteiger charge is -2.22. The third kappa shape index (κ3) is 4.37. The van der Waals surface area contributed by atoms with Gasteiger partial charge in [-0.05, 0) is 36.2 Å². The minimum Gasteiger partial charge on any atom is -0.497 e. The van der Waals surface area contributed by atoms with Crippen LogP contribution in [0.2, 0.25) is 0 Å². The zero-order valence-corrected chi connectivity index (χ0v) is 14.5. The highest BCUT2D eigenvalue weighted by Gasteiger charge is 2.22. The van der Waals surface area contributed by atoms with Crippen molar-refractivity contribution in [2.75, 3.05) is 33.3 Å². The van der Waals surface area contributed by atoms with Gasteiger partial charge in [-0.2, -0.15) is 0 Å². The molecule has 0 spiro atoms. The van der Waals surface area contributed by atoms with E-state index in [1.165, 1.54) is 11.6 Å². The van der Waals surface area contributed by atoms with E-state index in [1.807, 2.05) is 12.1 Å². The van der Waals surface area contributed by atoms with Gasteiger partial charge in [-0.1, -0.05) is 24.3 Å². The van der Waals surface area contributed by atoms with Crippen LogP contribution in [0.5, 0.6) is 5.75 Å². The fourth-order valence-electron chi connectivity index (χ4n) is 3.13. The first-order chi connectivity index (χ1) is 12.2. The molecule has 0 saturated carbocycles. The third-order valence-corrected chi connectivity index (χ3v) is 4.55. The Balaban J connectivity index is 1.60. The van der Waals surface area contributed by atoms with Gasteiger partial charge in [-0.15, -0.1) is 0 Å². The molecule has 0 aliphatic carbocycles. The largest absolute Gasteiger partial charge is 0.497 e. The lowest BCUT2D eigenvalue weighted by Crippen LogP contribution is -2.35. The minimum atomic E-state index is -0.452. The molecule has 0 aromatic heterocycles. The predicted octanol–water partition coefficient (Wildman–Crippen LogP) is 3.18. The van der Waals surface area contributed by atoms with Crippen LogP contribution in [0, 0.1) is 5.82 Å². The van der Waals surface area contributed by atoms with Crippen molar-refractivity contribution in [1.82, 2.24) is 9.80 Å². The van der Waals surface area contributed by atoms with E-state index in [4.69, 9.17) is 4.74 Å². The van der Waals surface area contributed by atoms with Crippen molar-refractivity contribution in [2.24, 2.45) is 0 Å². The third-order valence-electron chi connectivity index (χ3n) is 4.55. The first-order valence-corrected chi connectivity index (χ1v) is 8.56. The number of carbonyl (C=O) groups is 1. The second-order valence-electron chi connectivity index (χ2n) is 6.25. The molecular weight excluding hydrogens is 319 g/mol. The topological polar surface area (TPSA) is 32.8 Å². The summed E-state index contributed by atoms with van der Waals surface area (Å²) in [6.07, 6.45) is 0.885. The Labute approximate surface area is 147 Å². The number of benzene rings is 2. The predicted molar refractivity (Wildman–Crippen MR) is 95.2 cm³/mol. The van der Waals surface area contributed by atoms with E-state index in [0.717, 1.165) is 31.8 Å². The summed E-state index contributed by atoms with van der Waals surface area (Å²) in [6.45, 7) is 3.82. The van der Waals surface area contributed by atoms with E-state index in [-0.39, 0.29) is 11.5 Å². The van der Waals surface area contributed by atoms with Crippen molar-refractivity contribution in [1.29, 1.82) is 0 Å². The van der Waals surface area contributed by atoms with Crippen molar-refractivity contribution in [3.63, 3.8) is 0 Å². The summed E-state index contributed by atoms with van der Waals surface area (Å²) in [5.74, 6) is 0.178. The standard InChI is InChI=1S/C20H23FN2O2/c1-25-17-9-7-16(8-10-17)15-22-11-4-12-23(14-13-22)20(24)18-5-2-3-6-19(18)21/h2-3,5-10H,4,11-15H2,1H3. The molecule has 4 nitrogen and oxygen atoms in total. The molecule has 1 saturated heterocycles. The molecule has 1 aliphatic rings. The number of amides is 1. The van der Waals surface area contributed by atoms with Gasteiger partial charge in [0.05, 0.1) is 12.7 Å². The maximum Gasteiger partial charge on any atom is 0.256 e. The van der Waals surface area contributed by atoms with E-state index in [1.54, 1.807) is 30.2 Å². The Bertz CT molecular complexity index is 718.